The van der Waals surface area contributed by atoms with E-state index in [9.17, 15) is 18.2 Å². The third kappa shape index (κ3) is 4.75. The Bertz CT molecular complexity index is 911. The van der Waals surface area contributed by atoms with Crippen molar-refractivity contribution in [2.45, 2.75) is 44.6 Å². The highest BCUT2D eigenvalue weighted by Crippen LogP contribution is 2.33. The Balaban J connectivity index is 2.26. The maximum atomic E-state index is 14.0. The predicted molar refractivity (Wildman–Crippen MR) is 103 cm³/mol. The molecular weight excluding hydrogens is 387 g/mol. The number of carbonyl (C=O) groups is 2. The van der Waals surface area contributed by atoms with Crippen LogP contribution in [0.2, 0.25) is 0 Å². The van der Waals surface area contributed by atoms with Crippen molar-refractivity contribution in [3.05, 3.63) is 40.8 Å². The Hall–Kier alpha value is -2.75. The van der Waals surface area contributed by atoms with Crippen LogP contribution in [0.4, 0.5) is 14.9 Å². The third-order valence-corrected chi connectivity index (χ3v) is 5.05. The molecule has 0 spiro atoms. The van der Waals surface area contributed by atoms with Gasteiger partial charge in [0.1, 0.15) is 11.5 Å². The largest absolute Gasteiger partial charge is 0.477 e. The zero-order valence-electron chi connectivity index (χ0n) is 16.2. The minimum atomic E-state index is -2.06. The zero-order valence-corrected chi connectivity index (χ0v) is 17.1. The lowest BCUT2D eigenvalue weighted by Gasteiger charge is -2.20. The number of anilines is 1. The van der Waals surface area contributed by atoms with Crippen molar-refractivity contribution >= 4 is 28.7 Å². The standard InChI is InChI=1S/C18H23FN4O4S/c1-9(2)12-6-11(19)7-13(10(3)4)16(12)20-18(26)22-28(27)15-8-14(17(24)25)23(5)21-15/h6-10H,1-5H3,(H,24,25)(H2,20,22,26). The SMILES string of the molecule is CC(C)c1cc(F)cc(C(C)C)c1NC(=O)NS(=O)c1cc(C(=O)O)n(C)n1. The van der Waals surface area contributed by atoms with E-state index in [1.165, 1.54) is 19.2 Å². The Labute approximate surface area is 164 Å². The number of aromatic carboxylic acids is 1. The summed E-state index contributed by atoms with van der Waals surface area (Å²) in [5.74, 6) is -1.72. The van der Waals surface area contributed by atoms with Crippen molar-refractivity contribution in [2.24, 2.45) is 7.05 Å². The van der Waals surface area contributed by atoms with E-state index in [0.29, 0.717) is 16.8 Å². The Morgan fingerprint density at radius 2 is 1.68 bits per heavy atom. The molecule has 1 aromatic heterocycles. The number of halogens is 1. The summed E-state index contributed by atoms with van der Waals surface area (Å²) in [7, 11) is -0.668. The molecule has 152 valence electrons. The molecule has 8 nitrogen and oxygen atoms in total. The molecule has 2 amide bonds. The molecule has 3 N–H and O–H groups in total. The molecular formula is C18H23FN4O4S. The predicted octanol–water partition coefficient (Wildman–Crippen LogP) is 3.35. The fourth-order valence-corrected chi connectivity index (χ4v) is 3.45. The van der Waals surface area contributed by atoms with E-state index in [1.54, 1.807) is 0 Å². The number of hydrogen-bond acceptors (Lipinski definition) is 4. The monoisotopic (exact) mass is 410 g/mol. The summed E-state index contributed by atoms with van der Waals surface area (Å²) >= 11 is 0. The molecule has 1 heterocycles. The fourth-order valence-electron chi connectivity index (χ4n) is 2.71. The molecule has 0 radical (unpaired) electrons. The van der Waals surface area contributed by atoms with Crippen LogP contribution in [-0.4, -0.2) is 31.1 Å². The Morgan fingerprint density at radius 1 is 1.14 bits per heavy atom. The Kier molecular flexibility index (Phi) is 6.55. The van der Waals surface area contributed by atoms with Gasteiger partial charge in [-0.15, -0.1) is 0 Å². The molecule has 1 aromatic carbocycles. The molecule has 28 heavy (non-hydrogen) atoms. The van der Waals surface area contributed by atoms with Gasteiger partial charge in [0.05, 0.1) is 0 Å². The van der Waals surface area contributed by atoms with Crippen LogP contribution in [-0.2, 0) is 18.0 Å². The summed E-state index contributed by atoms with van der Waals surface area (Å²) in [5, 5.41) is 15.4. The topological polar surface area (TPSA) is 113 Å². The first-order valence-corrected chi connectivity index (χ1v) is 9.76. The van der Waals surface area contributed by atoms with Gasteiger partial charge < -0.3 is 10.4 Å². The van der Waals surface area contributed by atoms with Gasteiger partial charge in [0.15, 0.2) is 16.0 Å². The molecule has 0 saturated carbocycles. The van der Waals surface area contributed by atoms with Gasteiger partial charge in [-0.3, -0.25) is 9.40 Å². The lowest BCUT2D eigenvalue weighted by atomic mass is 9.92. The van der Waals surface area contributed by atoms with Crippen LogP contribution in [0.1, 0.15) is 61.1 Å². The molecule has 0 aliphatic rings. The summed E-state index contributed by atoms with van der Waals surface area (Å²) in [6.07, 6.45) is 0. The zero-order chi connectivity index (χ0) is 21.2. The number of amides is 2. The summed E-state index contributed by atoms with van der Waals surface area (Å²) in [4.78, 5) is 23.5. The van der Waals surface area contributed by atoms with Crippen molar-refractivity contribution in [2.75, 3.05) is 5.32 Å². The number of aryl methyl sites for hydroxylation is 1. The van der Waals surface area contributed by atoms with Gasteiger partial charge in [-0.25, -0.2) is 18.2 Å². The third-order valence-electron chi connectivity index (χ3n) is 4.10. The van der Waals surface area contributed by atoms with E-state index in [0.717, 1.165) is 10.7 Å². The van der Waals surface area contributed by atoms with Gasteiger partial charge in [0, 0.05) is 18.8 Å². The second-order valence-corrected chi connectivity index (χ2v) is 8.05. The van der Waals surface area contributed by atoms with Gasteiger partial charge in [0.2, 0.25) is 0 Å². The van der Waals surface area contributed by atoms with Crippen LogP contribution in [0, 0.1) is 5.82 Å². The van der Waals surface area contributed by atoms with E-state index in [1.807, 2.05) is 27.7 Å². The smallest absolute Gasteiger partial charge is 0.354 e. The Morgan fingerprint density at radius 3 is 2.11 bits per heavy atom. The van der Waals surface area contributed by atoms with E-state index in [-0.39, 0.29) is 22.6 Å². The van der Waals surface area contributed by atoms with Crippen LogP contribution in [0.15, 0.2) is 23.2 Å². The highest BCUT2D eigenvalue weighted by Gasteiger charge is 2.21. The maximum absolute atomic E-state index is 14.0. The van der Waals surface area contributed by atoms with E-state index < -0.39 is 28.8 Å². The van der Waals surface area contributed by atoms with Gasteiger partial charge in [-0.05, 0) is 35.1 Å². The van der Waals surface area contributed by atoms with Crippen LogP contribution < -0.4 is 10.0 Å². The second-order valence-electron chi connectivity index (χ2n) is 6.89. The van der Waals surface area contributed by atoms with Crippen molar-refractivity contribution in [3.8, 4) is 0 Å². The molecule has 1 atom stereocenters. The van der Waals surface area contributed by atoms with Gasteiger partial charge in [-0.1, -0.05) is 27.7 Å². The lowest BCUT2D eigenvalue weighted by Crippen LogP contribution is -2.31. The number of carbonyl (C=O) groups excluding carboxylic acids is 1. The second kappa shape index (κ2) is 8.51. The number of carboxylic acids is 1. The molecule has 0 bridgehead atoms. The minimum absolute atomic E-state index is 0.0529. The van der Waals surface area contributed by atoms with Gasteiger partial charge in [-0.2, -0.15) is 5.10 Å². The maximum Gasteiger partial charge on any atom is 0.354 e. The van der Waals surface area contributed by atoms with E-state index in [4.69, 9.17) is 5.11 Å². The summed E-state index contributed by atoms with van der Waals surface area (Å²) in [5.41, 5.74) is 1.55. The quantitative estimate of drug-likeness (QED) is 0.676. The van der Waals surface area contributed by atoms with Crippen molar-refractivity contribution in [3.63, 3.8) is 0 Å². The highest BCUT2D eigenvalue weighted by atomic mass is 32.2. The van der Waals surface area contributed by atoms with Crippen LogP contribution in [0.5, 0.6) is 0 Å². The number of hydrogen-bond donors (Lipinski definition) is 3. The van der Waals surface area contributed by atoms with E-state index >= 15 is 0 Å². The number of benzene rings is 1. The summed E-state index contributed by atoms with van der Waals surface area (Å²) < 4.78 is 29.6. The first-order chi connectivity index (χ1) is 13.0. The van der Waals surface area contributed by atoms with Crippen molar-refractivity contribution in [1.29, 1.82) is 0 Å². The lowest BCUT2D eigenvalue weighted by molar-refractivity contribution is 0.0685. The minimum Gasteiger partial charge on any atom is -0.477 e. The molecule has 2 aromatic rings. The average molecular weight is 410 g/mol. The molecule has 10 heteroatoms. The number of nitrogens with one attached hydrogen (secondary N) is 2. The normalized spacial score (nSPS) is 12.3. The highest BCUT2D eigenvalue weighted by molar-refractivity contribution is 7.83. The number of urea groups is 1. The molecule has 0 saturated heterocycles. The van der Waals surface area contributed by atoms with Crippen LogP contribution in [0.25, 0.3) is 0 Å². The van der Waals surface area contributed by atoms with Crippen LogP contribution >= 0.6 is 0 Å². The summed E-state index contributed by atoms with van der Waals surface area (Å²) in [6.45, 7) is 7.51. The summed E-state index contributed by atoms with van der Waals surface area (Å²) in [6, 6.07) is 3.08. The molecule has 2 rings (SSSR count). The van der Waals surface area contributed by atoms with E-state index in [2.05, 4.69) is 15.1 Å². The molecule has 0 fully saturated rings. The molecule has 1 unspecified atom stereocenters. The number of aromatic nitrogens is 2. The fraction of sp³-hybridized carbons (Fsp3) is 0.389. The van der Waals surface area contributed by atoms with Gasteiger partial charge in [0.25, 0.3) is 0 Å². The number of rotatable bonds is 6. The van der Waals surface area contributed by atoms with Crippen molar-refractivity contribution in [1.82, 2.24) is 14.5 Å². The first-order valence-electron chi connectivity index (χ1n) is 8.61. The number of nitrogens with zero attached hydrogens (tertiary/aromatic N) is 2. The first kappa shape index (κ1) is 21.5. The molecule has 0 aliphatic carbocycles. The molecule has 0 aliphatic heterocycles. The van der Waals surface area contributed by atoms with Crippen molar-refractivity contribution < 1.29 is 23.3 Å². The van der Waals surface area contributed by atoms with Gasteiger partial charge >= 0.3 is 12.0 Å². The average Bonchev–Trinajstić information content (AvgIpc) is 2.97. The number of carboxylic acid groups (broad SMARTS) is 1. The van der Waals surface area contributed by atoms with Crippen LogP contribution in [0.3, 0.4) is 0 Å².